The fourth-order valence-corrected chi connectivity index (χ4v) is 3.90. The monoisotopic (exact) mass is 416 g/mol. The van der Waals surface area contributed by atoms with Crippen molar-refractivity contribution < 1.29 is 9.53 Å². The van der Waals surface area contributed by atoms with Crippen LogP contribution in [0.1, 0.15) is 26.3 Å². The SMILES string of the molecule is CC(C)(C)c1ccc(-c2csc(NC(=O)COc3ccc4ccccc4c3)n2)cc1. The number of rotatable bonds is 5. The van der Waals surface area contributed by atoms with Crippen LogP contribution in [0, 0.1) is 0 Å². The van der Waals surface area contributed by atoms with E-state index in [-0.39, 0.29) is 17.9 Å². The van der Waals surface area contributed by atoms with Crippen molar-refractivity contribution in [2.24, 2.45) is 0 Å². The van der Waals surface area contributed by atoms with Crippen molar-refractivity contribution in [1.82, 2.24) is 4.98 Å². The lowest BCUT2D eigenvalue weighted by molar-refractivity contribution is -0.118. The van der Waals surface area contributed by atoms with Gasteiger partial charge >= 0.3 is 0 Å². The maximum absolute atomic E-state index is 12.3. The van der Waals surface area contributed by atoms with Crippen molar-refractivity contribution >= 4 is 33.1 Å². The van der Waals surface area contributed by atoms with Crippen LogP contribution in [-0.2, 0) is 10.2 Å². The molecule has 0 fully saturated rings. The molecule has 3 aromatic carbocycles. The first-order valence-corrected chi connectivity index (χ1v) is 10.7. The summed E-state index contributed by atoms with van der Waals surface area (Å²) in [7, 11) is 0. The van der Waals surface area contributed by atoms with Crippen LogP contribution in [0.2, 0.25) is 0 Å². The van der Waals surface area contributed by atoms with Gasteiger partial charge in [0.2, 0.25) is 0 Å². The van der Waals surface area contributed by atoms with Gasteiger partial charge in [-0.1, -0.05) is 75.4 Å². The molecule has 0 atom stereocenters. The zero-order valence-corrected chi connectivity index (χ0v) is 18.1. The number of nitrogens with zero attached hydrogens (tertiary/aromatic N) is 1. The van der Waals surface area contributed by atoms with Gasteiger partial charge in [-0.2, -0.15) is 0 Å². The Kier molecular flexibility index (Phi) is 5.55. The van der Waals surface area contributed by atoms with E-state index in [0.717, 1.165) is 22.0 Å². The summed E-state index contributed by atoms with van der Waals surface area (Å²) in [5.41, 5.74) is 3.28. The lowest BCUT2D eigenvalue weighted by Gasteiger charge is -2.18. The summed E-state index contributed by atoms with van der Waals surface area (Å²) in [6, 6.07) is 22.2. The highest BCUT2D eigenvalue weighted by Gasteiger charge is 2.14. The Morgan fingerprint density at radius 2 is 1.73 bits per heavy atom. The quantitative estimate of drug-likeness (QED) is 0.417. The van der Waals surface area contributed by atoms with E-state index < -0.39 is 0 Å². The molecule has 0 saturated carbocycles. The molecule has 1 N–H and O–H groups in total. The van der Waals surface area contributed by atoms with Gasteiger partial charge in [-0.05, 0) is 33.9 Å². The fourth-order valence-electron chi connectivity index (χ4n) is 3.17. The number of benzene rings is 3. The zero-order valence-electron chi connectivity index (χ0n) is 17.3. The van der Waals surface area contributed by atoms with Crippen molar-refractivity contribution in [3.63, 3.8) is 0 Å². The van der Waals surface area contributed by atoms with Gasteiger partial charge in [-0.25, -0.2) is 4.98 Å². The second-order valence-electron chi connectivity index (χ2n) is 8.21. The number of thiazole rings is 1. The minimum atomic E-state index is -0.230. The molecule has 30 heavy (non-hydrogen) atoms. The highest BCUT2D eigenvalue weighted by molar-refractivity contribution is 7.14. The van der Waals surface area contributed by atoms with Gasteiger partial charge in [0.05, 0.1) is 5.69 Å². The first-order chi connectivity index (χ1) is 14.4. The third kappa shape index (κ3) is 4.69. The van der Waals surface area contributed by atoms with Crippen LogP contribution in [0.25, 0.3) is 22.0 Å². The van der Waals surface area contributed by atoms with Crippen LogP contribution >= 0.6 is 11.3 Å². The molecule has 1 amide bonds. The lowest BCUT2D eigenvalue weighted by Crippen LogP contribution is -2.20. The maximum atomic E-state index is 12.3. The van der Waals surface area contributed by atoms with Crippen LogP contribution in [0.15, 0.2) is 72.1 Å². The molecule has 4 nitrogen and oxygen atoms in total. The summed E-state index contributed by atoms with van der Waals surface area (Å²) >= 11 is 1.41. The predicted molar refractivity (Wildman–Crippen MR) is 124 cm³/mol. The number of carbonyl (C=O) groups is 1. The fraction of sp³-hybridized carbons (Fsp3) is 0.200. The molecular weight excluding hydrogens is 392 g/mol. The number of nitrogens with one attached hydrogen (secondary N) is 1. The van der Waals surface area contributed by atoms with Crippen LogP contribution in [0.5, 0.6) is 5.75 Å². The minimum Gasteiger partial charge on any atom is -0.484 e. The molecule has 0 unspecified atom stereocenters. The van der Waals surface area contributed by atoms with Gasteiger partial charge in [0.25, 0.3) is 5.91 Å². The smallest absolute Gasteiger partial charge is 0.264 e. The zero-order chi connectivity index (χ0) is 21.1. The number of hydrogen-bond acceptors (Lipinski definition) is 4. The Labute approximate surface area is 180 Å². The molecule has 0 spiro atoms. The Morgan fingerprint density at radius 3 is 2.47 bits per heavy atom. The van der Waals surface area contributed by atoms with E-state index in [4.69, 9.17) is 4.74 Å². The molecule has 4 rings (SSSR count). The number of hydrogen-bond donors (Lipinski definition) is 1. The Morgan fingerprint density at radius 1 is 1.00 bits per heavy atom. The van der Waals surface area contributed by atoms with E-state index in [9.17, 15) is 4.79 Å². The van der Waals surface area contributed by atoms with E-state index in [2.05, 4.69) is 55.3 Å². The second kappa shape index (κ2) is 8.28. The number of ether oxygens (including phenoxy) is 1. The topological polar surface area (TPSA) is 51.2 Å². The summed E-state index contributed by atoms with van der Waals surface area (Å²) in [5.74, 6) is 0.440. The number of anilines is 1. The molecule has 1 aromatic heterocycles. The van der Waals surface area contributed by atoms with Gasteiger partial charge in [-0.15, -0.1) is 11.3 Å². The molecule has 5 heteroatoms. The summed E-state index contributed by atoms with van der Waals surface area (Å²) < 4.78 is 5.65. The third-order valence-electron chi connectivity index (χ3n) is 4.89. The van der Waals surface area contributed by atoms with Crippen LogP contribution in [0.3, 0.4) is 0 Å². The summed E-state index contributed by atoms with van der Waals surface area (Å²) in [6.45, 7) is 6.52. The normalized spacial score (nSPS) is 11.4. The largest absolute Gasteiger partial charge is 0.484 e. The summed E-state index contributed by atoms with van der Waals surface area (Å²) in [4.78, 5) is 16.8. The molecule has 0 radical (unpaired) electrons. The number of fused-ring (bicyclic) bond motifs is 1. The van der Waals surface area contributed by atoms with Crippen molar-refractivity contribution in [3.8, 4) is 17.0 Å². The summed E-state index contributed by atoms with van der Waals surface area (Å²) in [5, 5.41) is 7.56. The molecule has 0 saturated heterocycles. The Bertz CT molecular complexity index is 1170. The van der Waals surface area contributed by atoms with E-state index in [0.29, 0.717) is 10.9 Å². The van der Waals surface area contributed by atoms with Crippen molar-refractivity contribution in [1.29, 1.82) is 0 Å². The first kappa shape index (κ1) is 20.1. The second-order valence-corrected chi connectivity index (χ2v) is 9.07. The first-order valence-electron chi connectivity index (χ1n) is 9.86. The van der Waals surface area contributed by atoms with Crippen molar-refractivity contribution in [3.05, 3.63) is 77.7 Å². The minimum absolute atomic E-state index is 0.0620. The predicted octanol–water partition coefficient (Wildman–Crippen LogP) is 6.28. The van der Waals surface area contributed by atoms with Gasteiger partial charge in [0, 0.05) is 10.9 Å². The van der Waals surface area contributed by atoms with Crippen LogP contribution < -0.4 is 10.1 Å². The number of aromatic nitrogens is 1. The third-order valence-corrected chi connectivity index (χ3v) is 5.65. The molecule has 0 bridgehead atoms. The lowest BCUT2D eigenvalue weighted by atomic mass is 9.86. The highest BCUT2D eigenvalue weighted by atomic mass is 32.1. The van der Waals surface area contributed by atoms with E-state index in [1.54, 1.807) is 0 Å². The molecule has 0 aliphatic rings. The molecule has 152 valence electrons. The Balaban J connectivity index is 1.36. The highest BCUT2D eigenvalue weighted by Crippen LogP contribution is 2.28. The van der Waals surface area contributed by atoms with Gasteiger partial charge in [0.15, 0.2) is 11.7 Å². The van der Waals surface area contributed by atoms with E-state index >= 15 is 0 Å². The van der Waals surface area contributed by atoms with E-state index in [1.807, 2.05) is 47.8 Å². The molecule has 0 aliphatic carbocycles. The number of carbonyl (C=O) groups excluding carboxylic acids is 1. The maximum Gasteiger partial charge on any atom is 0.264 e. The average molecular weight is 417 g/mol. The molecular formula is C25H24N2O2S. The molecule has 0 aliphatic heterocycles. The standard InChI is InChI=1S/C25H24N2O2S/c1-25(2,3)20-11-8-18(9-12-20)22-16-30-24(26-22)27-23(28)15-29-21-13-10-17-6-4-5-7-19(17)14-21/h4-14,16H,15H2,1-3H3,(H,26,27,28). The average Bonchev–Trinajstić information content (AvgIpc) is 3.20. The summed E-state index contributed by atoms with van der Waals surface area (Å²) in [6.07, 6.45) is 0. The van der Waals surface area contributed by atoms with Gasteiger partial charge in [-0.3, -0.25) is 10.1 Å². The van der Waals surface area contributed by atoms with Crippen LogP contribution in [-0.4, -0.2) is 17.5 Å². The molecule has 1 heterocycles. The van der Waals surface area contributed by atoms with Gasteiger partial charge < -0.3 is 4.74 Å². The van der Waals surface area contributed by atoms with E-state index in [1.165, 1.54) is 16.9 Å². The van der Waals surface area contributed by atoms with Crippen LogP contribution in [0.4, 0.5) is 5.13 Å². The Hall–Kier alpha value is -3.18. The van der Waals surface area contributed by atoms with Crippen molar-refractivity contribution in [2.45, 2.75) is 26.2 Å². The molecule has 4 aromatic rings. The number of amides is 1. The van der Waals surface area contributed by atoms with Crippen molar-refractivity contribution in [2.75, 3.05) is 11.9 Å². The van der Waals surface area contributed by atoms with Gasteiger partial charge in [0.1, 0.15) is 5.75 Å².